The van der Waals surface area contributed by atoms with E-state index in [4.69, 9.17) is 10.9 Å². The van der Waals surface area contributed by atoms with E-state index >= 15 is 0 Å². The number of carbonyl (C=O) groups excluding carboxylic acids is 3. The van der Waals surface area contributed by atoms with E-state index < -0.39 is 23.5 Å². The standard InChI is InChI=1S/C5H4N4O4/c6-3-2(7-1-10)4(11)8-5(12)9(3)13/h1,6,13H,(H,8,11,12)/p+1. The number of hydrogen-bond donors (Lipinski definition) is 3. The summed E-state index contributed by atoms with van der Waals surface area (Å²) < 4.78 is -0.0102. The van der Waals surface area contributed by atoms with Gasteiger partial charge in [0.05, 0.1) is 0 Å². The molecule has 0 radical (unpaired) electrons. The van der Waals surface area contributed by atoms with E-state index in [-0.39, 0.29) is 11.1 Å². The van der Waals surface area contributed by atoms with Crippen molar-refractivity contribution in [2.75, 3.05) is 0 Å². The van der Waals surface area contributed by atoms with Gasteiger partial charge in [-0.05, 0) is 4.74 Å². The highest BCUT2D eigenvalue weighted by Gasteiger charge is 2.35. The second kappa shape index (κ2) is 3.01. The lowest BCUT2D eigenvalue weighted by atomic mass is 10.3. The van der Waals surface area contributed by atoms with Gasteiger partial charge in [0.2, 0.25) is 12.1 Å². The van der Waals surface area contributed by atoms with Crippen molar-refractivity contribution in [3.05, 3.63) is 0 Å². The maximum absolute atomic E-state index is 10.9. The molecule has 4 N–H and O–H groups in total. The first-order valence-electron chi connectivity index (χ1n) is 3.06. The Kier molecular flexibility index (Phi) is 2.05. The van der Waals surface area contributed by atoms with Crippen molar-refractivity contribution in [3.63, 3.8) is 0 Å². The number of hydrogen-bond acceptors (Lipinski definition) is 5. The van der Waals surface area contributed by atoms with Crippen molar-refractivity contribution in [1.82, 2.24) is 5.32 Å². The van der Waals surface area contributed by atoms with Gasteiger partial charge in [0.1, 0.15) is 0 Å². The molecular weight excluding hydrogens is 180 g/mol. The third-order valence-corrected chi connectivity index (χ3v) is 1.28. The zero-order chi connectivity index (χ0) is 10.0. The highest BCUT2D eigenvalue weighted by atomic mass is 16.5. The topological polar surface area (TPSA) is 125 Å². The number of amidine groups is 1. The second-order valence-electron chi connectivity index (χ2n) is 2.04. The van der Waals surface area contributed by atoms with Crippen LogP contribution < -0.4 is 11.1 Å². The molecule has 68 valence electrons. The quantitative estimate of drug-likeness (QED) is 0.181. The van der Waals surface area contributed by atoms with Crippen molar-refractivity contribution in [2.24, 2.45) is 10.7 Å². The molecule has 1 aliphatic rings. The molecular formula is C5H5N4O4+. The molecule has 8 nitrogen and oxygen atoms in total. The summed E-state index contributed by atoms with van der Waals surface area (Å²) >= 11 is 0. The van der Waals surface area contributed by atoms with Gasteiger partial charge in [0, 0.05) is 0 Å². The third-order valence-electron chi connectivity index (χ3n) is 1.28. The number of amides is 4. The first-order valence-corrected chi connectivity index (χ1v) is 3.06. The number of rotatable bonds is 1. The smallest absolute Gasteiger partial charge is 0.368 e. The summed E-state index contributed by atoms with van der Waals surface area (Å²) in [5, 5.41) is 10.6. The Labute approximate surface area is 71.3 Å². The fourth-order valence-corrected chi connectivity index (χ4v) is 0.713. The summed E-state index contributed by atoms with van der Waals surface area (Å²) in [4.78, 5) is 34.5. The van der Waals surface area contributed by atoms with E-state index in [9.17, 15) is 14.4 Å². The minimum Gasteiger partial charge on any atom is -0.368 e. The van der Waals surface area contributed by atoms with Crippen LogP contribution in [0.25, 0.3) is 0 Å². The van der Waals surface area contributed by atoms with Gasteiger partial charge in [-0.25, -0.2) is 14.6 Å². The van der Waals surface area contributed by atoms with Crippen molar-refractivity contribution < 1.29 is 24.3 Å². The third kappa shape index (κ3) is 1.36. The molecule has 1 heterocycles. The summed E-state index contributed by atoms with van der Waals surface area (Å²) in [6.07, 6.45) is 0.0748. The Morgan fingerprint density at radius 3 is 2.69 bits per heavy atom. The normalized spacial score (nSPS) is 20.5. The Morgan fingerprint density at radius 2 is 2.15 bits per heavy atom. The average molecular weight is 185 g/mol. The monoisotopic (exact) mass is 185 g/mol. The molecule has 0 aromatic heterocycles. The Morgan fingerprint density at radius 1 is 1.54 bits per heavy atom. The SMILES string of the molecule is NC1=[N+](O)C(=O)NC(=O)C1=NC=O. The number of nitrogens with zero attached hydrogens (tertiary/aromatic N) is 2. The molecule has 0 saturated heterocycles. The van der Waals surface area contributed by atoms with E-state index in [2.05, 4.69) is 4.99 Å². The molecule has 0 bridgehead atoms. The number of urea groups is 1. The number of imide groups is 1. The van der Waals surface area contributed by atoms with Crippen LogP contribution in [-0.2, 0) is 9.59 Å². The zero-order valence-corrected chi connectivity index (χ0v) is 6.22. The Hall–Kier alpha value is -2.25. The predicted molar refractivity (Wildman–Crippen MR) is 38.3 cm³/mol. The largest absolute Gasteiger partial charge is 0.480 e. The van der Waals surface area contributed by atoms with Gasteiger partial charge < -0.3 is 10.9 Å². The van der Waals surface area contributed by atoms with Crippen LogP contribution in [0.15, 0.2) is 4.99 Å². The van der Waals surface area contributed by atoms with Crippen LogP contribution in [-0.4, -0.2) is 39.8 Å². The Bertz CT molecular complexity index is 356. The lowest BCUT2D eigenvalue weighted by molar-refractivity contribution is -0.698. The molecule has 8 heteroatoms. The molecule has 0 fully saturated rings. The summed E-state index contributed by atoms with van der Waals surface area (Å²) in [6, 6.07) is -1.09. The van der Waals surface area contributed by atoms with Gasteiger partial charge in [-0.3, -0.25) is 4.79 Å². The van der Waals surface area contributed by atoms with E-state index in [0.717, 1.165) is 0 Å². The van der Waals surface area contributed by atoms with Gasteiger partial charge in [-0.1, -0.05) is 0 Å². The van der Waals surface area contributed by atoms with Crippen molar-refractivity contribution in [3.8, 4) is 0 Å². The van der Waals surface area contributed by atoms with Crippen LogP contribution in [0.2, 0.25) is 0 Å². The fourth-order valence-electron chi connectivity index (χ4n) is 0.713. The summed E-state index contributed by atoms with van der Waals surface area (Å²) in [5.74, 6) is -1.51. The average Bonchev–Trinajstić information content (AvgIpc) is 2.09. The molecule has 0 aliphatic carbocycles. The van der Waals surface area contributed by atoms with E-state index in [0.29, 0.717) is 0 Å². The van der Waals surface area contributed by atoms with E-state index in [1.165, 1.54) is 0 Å². The van der Waals surface area contributed by atoms with Gasteiger partial charge >= 0.3 is 11.9 Å². The molecule has 0 saturated carbocycles. The molecule has 0 aromatic carbocycles. The molecule has 0 aromatic rings. The number of aliphatic imine (C=N–C) groups is 1. The molecule has 0 unspecified atom stereocenters. The number of nitrogens with one attached hydrogen (secondary N) is 1. The van der Waals surface area contributed by atoms with Gasteiger partial charge in [-0.2, -0.15) is 5.32 Å². The van der Waals surface area contributed by atoms with Crippen molar-refractivity contribution in [2.45, 2.75) is 0 Å². The van der Waals surface area contributed by atoms with Crippen LogP contribution in [0, 0.1) is 0 Å². The second-order valence-corrected chi connectivity index (χ2v) is 2.04. The van der Waals surface area contributed by atoms with Crippen molar-refractivity contribution in [1.29, 1.82) is 0 Å². The molecule has 1 rings (SSSR count). The van der Waals surface area contributed by atoms with Crippen LogP contribution in [0.3, 0.4) is 0 Å². The highest BCUT2D eigenvalue weighted by molar-refractivity contribution is 6.67. The van der Waals surface area contributed by atoms with Gasteiger partial charge in [0.25, 0.3) is 5.84 Å². The van der Waals surface area contributed by atoms with Crippen LogP contribution in [0.1, 0.15) is 0 Å². The highest BCUT2D eigenvalue weighted by Crippen LogP contribution is 1.89. The summed E-state index contributed by atoms with van der Waals surface area (Å²) in [5.41, 5.74) is 4.61. The van der Waals surface area contributed by atoms with Gasteiger partial charge in [0.15, 0.2) is 0 Å². The maximum atomic E-state index is 10.9. The van der Waals surface area contributed by atoms with E-state index in [1.54, 1.807) is 5.32 Å². The molecule has 0 spiro atoms. The number of hydroxylamine groups is 1. The maximum Gasteiger partial charge on any atom is 0.480 e. The zero-order valence-electron chi connectivity index (χ0n) is 6.22. The predicted octanol–water partition coefficient (Wildman–Crippen LogP) is -2.41. The first kappa shape index (κ1) is 8.84. The molecule has 4 amide bonds. The number of nitrogens with two attached hydrogens (primary N) is 1. The van der Waals surface area contributed by atoms with E-state index in [1.807, 2.05) is 0 Å². The fraction of sp³-hybridized carbons (Fsp3) is 0. The van der Waals surface area contributed by atoms with Crippen LogP contribution >= 0.6 is 0 Å². The molecule has 13 heavy (non-hydrogen) atoms. The van der Waals surface area contributed by atoms with Crippen LogP contribution in [0.5, 0.6) is 0 Å². The lowest BCUT2D eigenvalue weighted by Crippen LogP contribution is -2.55. The van der Waals surface area contributed by atoms with Crippen molar-refractivity contribution >= 4 is 29.9 Å². The van der Waals surface area contributed by atoms with Gasteiger partial charge in [-0.15, -0.1) is 0 Å². The summed E-state index contributed by atoms with van der Waals surface area (Å²) in [7, 11) is 0. The minimum absolute atomic E-state index is 0.0102. The molecule has 0 atom stereocenters. The molecule has 1 aliphatic heterocycles. The Balaban J connectivity index is 3.25. The summed E-state index contributed by atoms with van der Waals surface area (Å²) in [6.45, 7) is 0. The minimum atomic E-state index is -1.09. The number of carbonyl (C=O) groups is 3. The first-order chi connectivity index (χ1) is 6.07. The lowest BCUT2D eigenvalue weighted by Gasteiger charge is -2.07. The van der Waals surface area contributed by atoms with Crippen LogP contribution in [0.4, 0.5) is 4.79 Å².